The maximum absolute atomic E-state index is 12.8. The van der Waals surface area contributed by atoms with E-state index < -0.39 is 0 Å². The summed E-state index contributed by atoms with van der Waals surface area (Å²) >= 11 is 1.67. The quantitative estimate of drug-likeness (QED) is 0.220. The van der Waals surface area contributed by atoms with E-state index in [1.807, 2.05) is 47.4 Å². The molecule has 0 bridgehead atoms. The first kappa shape index (κ1) is 25.2. The van der Waals surface area contributed by atoms with Gasteiger partial charge in [-0.05, 0) is 29.7 Å². The van der Waals surface area contributed by atoms with Crippen LogP contribution in [0, 0.1) is 0 Å². The van der Waals surface area contributed by atoms with Crippen LogP contribution >= 0.6 is 11.8 Å². The average molecular weight is 512 g/mol. The fraction of sp³-hybridized carbons (Fsp3) is 0.300. The molecule has 37 heavy (non-hydrogen) atoms. The smallest absolute Gasteiger partial charge is 0.222 e. The molecule has 5 rings (SSSR count). The number of benzene rings is 3. The van der Waals surface area contributed by atoms with E-state index in [9.17, 15) is 4.79 Å². The molecule has 1 amide bonds. The monoisotopic (exact) mass is 511 g/mol. The summed E-state index contributed by atoms with van der Waals surface area (Å²) in [5.74, 6) is 2.01. The molecule has 1 saturated heterocycles. The van der Waals surface area contributed by atoms with Crippen LogP contribution in [0.2, 0.25) is 0 Å². The normalized spacial score (nSPS) is 14.1. The maximum atomic E-state index is 12.8. The van der Waals surface area contributed by atoms with Gasteiger partial charge in [0.25, 0.3) is 0 Å². The minimum Gasteiger partial charge on any atom is -0.340 e. The van der Waals surface area contributed by atoms with Crippen molar-refractivity contribution in [1.82, 2.24) is 24.6 Å². The molecule has 1 aliphatic rings. The zero-order chi connectivity index (χ0) is 25.3. The lowest BCUT2D eigenvalue weighted by Gasteiger charge is -2.34. The van der Waals surface area contributed by atoms with Gasteiger partial charge in [0.15, 0.2) is 5.16 Å². The Kier molecular flexibility index (Phi) is 8.66. The van der Waals surface area contributed by atoms with Gasteiger partial charge in [-0.1, -0.05) is 90.6 Å². The third-order valence-corrected chi connectivity index (χ3v) is 7.68. The fourth-order valence-corrected chi connectivity index (χ4v) is 5.57. The highest BCUT2D eigenvalue weighted by atomic mass is 32.2. The van der Waals surface area contributed by atoms with Gasteiger partial charge in [0.05, 0.1) is 0 Å². The van der Waals surface area contributed by atoms with Crippen LogP contribution in [0.5, 0.6) is 0 Å². The molecular formula is C30H33N5OS. The van der Waals surface area contributed by atoms with Crippen LogP contribution in [0.15, 0.2) is 96.2 Å². The van der Waals surface area contributed by atoms with Gasteiger partial charge in [-0.15, -0.1) is 10.2 Å². The van der Waals surface area contributed by atoms with E-state index in [1.54, 1.807) is 11.8 Å². The van der Waals surface area contributed by atoms with Crippen LogP contribution in [-0.2, 0) is 17.8 Å². The van der Waals surface area contributed by atoms with E-state index >= 15 is 0 Å². The Labute approximate surface area is 223 Å². The van der Waals surface area contributed by atoms with E-state index in [1.165, 1.54) is 11.1 Å². The SMILES string of the molecule is O=C(CCCSc1nnc(Cc2ccccc2)n1-c1ccccc1)N1CCN(Cc2ccccc2)CC1. The van der Waals surface area contributed by atoms with Gasteiger partial charge in [0, 0.05) is 57.0 Å². The van der Waals surface area contributed by atoms with Gasteiger partial charge >= 0.3 is 0 Å². The van der Waals surface area contributed by atoms with E-state index in [-0.39, 0.29) is 5.91 Å². The molecule has 2 heterocycles. The van der Waals surface area contributed by atoms with Gasteiger partial charge in [-0.25, -0.2) is 0 Å². The highest BCUT2D eigenvalue weighted by molar-refractivity contribution is 7.99. The third-order valence-electron chi connectivity index (χ3n) is 6.66. The van der Waals surface area contributed by atoms with E-state index in [2.05, 4.69) is 68.2 Å². The summed E-state index contributed by atoms with van der Waals surface area (Å²) in [4.78, 5) is 17.3. The zero-order valence-corrected chi connectivity index (χ0v) is 21.9. The van der Waals surface area contributed by atoms with Gasteiger partial charge in [-0.3, -0.25) is 14.3 Å². The number of hydrogen-bond acceptors (Lipinski definition) is 5. The second kappa shape index (κ2) is 12.7. The molecule has 1 aliphatic heterocycles. The van der Waals surface area contributed by atoms with E-state index in [0.717, 1.165) is 68.0 Å². The van der Waals surface area contributed by atoms with Crippen molar-refractivity contribution < 1.29 is 4.79 Å². The largest absolute Gasteiger partial charge is 0.340 e. The molecular weight excluding hydrogens is 478 g/mol. The molecule has 3 aromatic carbocycles. The van der Waals surface area contributed by atoms with Crippen molar-refractivity contribution >= 4 is 17.7 Å². The minimum absolute atomic E-state index is 0.259. The Morgan fingerprint density at radius 3 is 2.05 bits per heavy atom. The second-order valence-electron chi connectivity index (χ2n) is 9.33. The highest BCUT2D eigenvalue weighted by Crippen LogP contribution is 2.24. The van der Waals surface area contributed by atoms with Gasteiger partial charge in [0.1, 0.15) is 5.82 Å². The lowest BCUT2D eigenvalue weighted by atomic mass is 10.1. The third kappa shape index (κ3) is 6.87. The van der Waals surface area contributed by atoms with Crippen LogP contribution in [0.3, 0.4) is 0 Å². The van der Waals surface area contributed by atoms with Gasteiger partial charge in [0.2, 0.25) is 5.91 Å². The summed E-state index contributed by atoms with van der Waals surface area (Å²) in [5, 5.41) is 9.91. The molecule has 1 fully saturated rings. The Morgan fingerprint density at radius 2 is 1.38 bits per heavy atom. The number of hydrogen-bond donors (Lipinski definition) is 0. The summed E-state index contributed by atoms with van der Waals surface area (Å²) in [5.41, 5.74) is 3.60. The number of rotatable bonds is 10. The summed E-state index contributed by atoms with van der Waals surface area (Å²) in [6.45, 7) is 4.43. The lowest BCUT2D eigenvalue weighted by molar-refractivity contribution is -0.133. The van der Waals surface area contributed by atoms with Crippen molar-refractivity contribution in [3.63, 3.8) is 0 Å². The molecule has 7 heteroatoms. The molecule has 0 radical (unpaired) electrons. The first-order chi connectivity index (χ1) is 18.3. The van der Waals surface area contributed by atoms with E-state index in [0.29, 0.717) is 6.42 Å². The standard InChI is InChI=1S/C30H33N5OS/c36-29(34-20-18-33(19-21-34)24-26-13-6-2-7-14-26)17-10-22-37-30-32-31-28(23-25-11-4-1-5-12-25)35(30)27-15-8-3-9-16-27/h1-9,11-16H,10,17-24H2. The number of piperazine rings is 1. The van der Waals surface area contributed by atoms with E-state index in [4.69, 9.17) is 0 Å². The summed E-state index contributed by atoms with van der Waals surface area (Å²) in [6, 6.07) is 31.2. The molecule has 0 aliphatic carbocycles. The highest BCUT2D eigenvalue weighted by Gasteiger charge is 2.21. The number of thioether (sulfide) groups is 1. The van der Waals surface area contributed by atoms with Gasteiger partial charge < -0.3 is 4.90 Å². The number of para-hydroxylation sites is 1. The Balaban J connectivity index is 1.12. The minimum atomic E-state index is 0.259. The molecule has 1 aromatic heterocycles. The molecule has 4 aromatic rings. The van der Waals surface area contributed by atoms with Crippen molar-refractivity contribution in [2.75, 3.05) is 31.9 Å². The Morgan fingerprint density at radius 1 is 0.757 bits per heavy atom. The van der Waals surface area contributed by atoms with Crippen LogP contribution in [0.1, 0.15) is 29.8 Å². The summed E-state index contributed by atoms with van der Waals surface area (Å²) in [6.07, 6.45) is 2.11. The van der Waals surface area contributed by atoms with Crippen molar-refractivity contribution in [2.24, 2.45) is 0 Å². The van der Waals surface area contributed by atoms with Crippen LogP contribution in [0.25, 0.3) is 5.69 Å². The predicted octanol–water partition coefficient (Wildman–Crippen LogP) is 5.07. The number of aromatic nitrogens is 3. The van der Waals surface area contributed by atoms with Crippen LogP contribution in [0.4, 0.5) is 0 Å². The topological polar surface area (TPSA) is 54.3 Å². The molecule has 6 nitrogen and oxygen atoms in total. The number of amides is 1. The second-order valence-corrected chi connectivity index (χ2v) is 10.4. The molecule has 0 atom stereocenters. The van der Waals surface area contributed by atoms with Crippen molar-refractivity contribution in [3.8, 4) is 5.69 Å². The van der Waals surface area contributed by atoms with Crippen molar-refractivity contribution in [1.29, 1.82) is 0 Å². The lowest BCUT2D eigenvalue weighted by Crippen LogP contribution is -2.48. The Hall–Kier alpha value is -3.42. The summed E-state index contributed by atoms with van der Waals surface area (Å²) in [7, 11) is 0. The maximum Gasteiger partial charge on any atom is 0.222 e. The van der Waals surface area contributed by atoms with Crippen molar-refractivity contribution in [3.05, 3.63) is 108 Å². The molecule has 190 valence electrons. The number of nitrogens with zero attached hydrogens (tertiary/aromatic N) is 5. The average Bonchev–Trinajstić information content (AvgIpc) is 3.35. The Bertz CT molecular complexity index is 1260. The molecule has 0 spiro atoms. The number of carbonyl (C=O) groups excluding carboxylic acids is 1. The molecule has 0 unspecified atom stereocenters. The van der Waals surface area contributed by atoms with Crippen molar-refractivity contribution in [2.45, 2.75) is 31.0 Å². The van der Waals surface area contributed by atoms with Crippen LogP contribution < -0.4 is 0 Å². The predicted molar refractivity (Wildman–Crippen MR) is 149 cm³/mol. The fourth-order valence-electron chi connectivity index (χ4n) is 4.67. The zero-order valence-electron chi connectivity index (χ0n) is 21.1. The number of carbonyl (C=O) groups is 1. The molecule has 0 saturated carbocycles. The van der Waals surface area contributed by atoms with Gasteiger partial charge in [-0.2, -0.15) is 0 Å². The first-order valence-electron chi connectivity index (χ1n) is 13.0. The first-order valence-corrected chi connectivity index (χ1v) is 14.0. The molecule has 0 N–H and O–H groups in total. The van der Waals surface area contributed by atoms with Crippen LogP contribution in [-0.4, -0.2) is 62.4 Å². The summed E-state index contributed by atoms with van der Waals surface area (Å²) < 4.78 is 2.14.